The molecular weight excluding hydrogens is 269 g/mol. The molecule has 2 rings (SSSR count). The predicted octanol–water partition coefficient (Wildman–Crippen LogP) is 2.37. The predicted molar refractivity (Wildman–Crippen MR) is 70.4 cm³/mol. The first-order valence-corrected chi connectivity index (χ1v) is 6.70. The van der Waals surface area contributed by atoms with Crippen LogP contribution in [0.15, 0.2) is 24.3 Å². The van der Waals surface area contributed by atoms with Gasteiger partial charge in [-0.2, -0.15) is 13.2 Å². The Morgan fingerprint density at radius 1 is 1.25 bits per heavy atom. The van der Waals surface area contributed by atoms with E-state index in [9.17, 15) is 13.2 Å². The number of aromatic hydroxyl groups is 1. The van der Waals surface area contributed by atoms with Gasteiger partial charge in [-0.25, -0.2) is 0 Å². The van der Waals surface area contributed by atoms with Gasteiger partial charge in [0.1, 0.15) is 5.75 Å². The number of alkyl halides is 3. The van der Waals surface area contributed by atoms with Gasteiger partial charge in [-0.15, -0.1) is 0 Å². The Kier molecular flexibility index (Phi) is 4.88. The lowest BCUT2D eigenvalue weighted by molar-refractivity contribution is -0.143. The van der Waals surface area contributed by atoms with Crippen LogP contribution in [0.2, 0.25) is 0 Å². The molecule has 1 heterocycles. The van der Waals surface area contributed by atoms with Crippen LogP contribution in [0, 0.1) is 5.92 Å². The zero-order chi connectivity index (χ0) is 14.6. The molecule has 0 amide bonds. The number of hydrogen-bond acceptors (Lipinski definition) is 3. The molecule has 0 saturated carbocycles. The lowest BCUT2D eigenvalue weighted by atomic mass is 10.1. The number of hydrogen-bond donors (Lipinski definition) is 2. The van der Waals surface area contributed by atoms with Gasteiger partial charge in [0, 0.05) is 13.1 Å². The zero-order valence-corrected chi connectivity index (χ0v) is 11.2. The third kappa shape index (κ3) is 5.02. The normalized spacial score (nSPS) is 20.4. The molecule has 20 heavy (non-hydrogen) atoms. The second-order valence-corrected chi connectivity index (χ2v) is 5.30. The van der Waals surface area contributed by atoms with Crippen molar-refractivity contribution in [3.63, 3.8) is 0 Å². The number of phenolic OH excluding ortho intramolecular Hbond substituents is 1. The molecule has 1 atom stereocenters. The van der Waals surface area contributed by atoms with Crippen molar-refractivity contribution >= 4 is 0 Å². The van der Waals surface area contributed by atoms with Gasteiger partial charge >= 0.3 is 6.18 Å². The smallest absolute Gasteiger partial charge is 0.401 e. The van der Waals surface area contributed by atoms with Gasteiger partial charge in [0.25, 0.3) is 0 Å². The fourth-order valence-corrected chi connectivity index (χ4v) is 2.51. The molecule has 0 aliphatic carbocycles. The Balaban J connectivity index is 1.67. The Labute approximate surface area is 116 Å². The average Bonchev–Trinajstić information content (AvgIpc) is 2.77. The quantitative estimate of drug-likeness (QED) is 0.873. The van der Waals surface area contributed by atoms with Crippen LogP contribution in [0.25, 0.3) is 0 Å². The summed E-state index contributed by atoms with van der Waals surface area (Å²) in [6.45, 7) is 1.60. The van der Waals surface area contributed by atoms with Crippen molar-refractivity contribution in [2.45, 2.75) is 19.1 Å². The first-order valence-electron chi connectivity index (χ1n) is 6.70. The SMILES string of the molecule is Oc1ccc(CNCC2CCN(CC(F)(F)F)C2)cc1. The highest BCUT2D eigenvalue weighted by atomic mass is 19.4. The van der Waals surface area contributed by atoms with Crippen LogP contribution in [0.4, 0.5) is 13.2 Å². The van der Waals surface area contributed by atoms with Gasteiger partial charge in [0.2, 0.25) is 0 Å². The Morgan fingerprint density at radius 3 is 2.60 bits per heavy atom. The number of phenols is 1. The number of nitrogens with one attached hydrogen (secondary N) is 1. The van der Waals surface area contributed by atoms with Crippen molar-refractivity contribution < 1.29 is 18.3 Å². The lowest BCUT2D eigenvalue weighted by Gasteiger charge is -2.18. The Morgan fingerprint density at radius 2 is 1.95 bits per heavy atom. The van der Waals surface area contributed by atoms with Crippen LogP contribution in [0.5, 0.6) is 5.75 Å². The summed E-state index contributed by atoms with van der Waals surface area (Å²) in [7, 11) is 0. The third-order valence-electron chi connectivity index (χ3n) is 3.47. The molecular formula is C14H19F3N2O. The van der Waals surface area contributed by atoms with Gasteiger partial charge in [-0.3, -0.25) is 4.90 Å². The molecule has 1 aliphatic rings. The first-order chi connectivity index (χ1) is 9.42. The minimum atomic E-state index is -4.10. The van der Waals surface area contributed by atoms with Crippen LogP contribution in [-0.4, -0.2) is 42.4 Å². The zero-order valence-electron chi connectivity index (χ0n) is 11.2. The van der Waals surface area contributed by atoms with Crippen LogP contribution < -0.4 is 5.32 Å². The van der Waals surface area contributed by atoms with Crippen molar-refractivity contribution in [2.75, 3.05) is 26.2 Å². The number of likely N-dealkylation sites (tertiary alicyclic amines) is 1. The van der Waals surface area contributed by atoms with E-state index in [-0.39, 0.29) is 11.7 Å². The van der Waals surface area contributed by atoms with Crippen molar-refractivity contribution in [3.05, 3.63) is 29.8 Å². The second kappa shape index (κ2) is 6.45. The highest BCUT2D eigenvalue weighted by Crippen LogP contribution is 2.22. The van der Waals surface area contributed by atoms with E-state index in [2.05, 4.69) is 5.32 Å². The Hall–Kier alpha value is -1.27. The standard InChI is InChI=1S/C14H19F3N2O/c15-14(16,17)10-19-6-5-12(9-19)8-18-7-11-1-3-13(20)4-2-11/h1-4,12,18,20H,5-10H2. The van der Waals surface area contributed by atoms with Crippen molar-refractivity contribution in [1.82, 2.24) is 10.2 Å². The van der Waals surface area contributed by atoms with E-state index >= 15 is 0 Å². The third-order valence-corrected chi connectivity index (χ3v) is 3.47. The van der Waals surface area contributed by atoms with E-state index in [4.69, 9.17) is 5.11 Å². The monoisotopic (exact) mass is 288 g/mol. The fraction of sp³-hybridized carbons (Fsp3) is 0.571. The summed E-state index contributed by atoms with van der Waals surface area (Å²) >= 11 is 0. The highest BCUT2D eigenvalue weighted by molar-refractivity contribution is 5.25. The summed E-state index contributed by atoms with van der Waals surface area (Å²) in [6.07, 6.45) is -3.30. The van der Waals surface area contributed by atoms with E-state index in [1.165, 1.54) is 4.90 Å². The molecule has 0 radical (unpaired) electrons. The van der Waals surface area contributed by atoms with E-state index in [1.54, 1.807) is 12.1 Å². The van der Waals surface area contributed by atoms with Gasteiger partial charge < -0.3 is 10.4 Å². The first kappa shape index (κ1) is 15.1. The van der Waals surface area contributed by atoms with E-state index in [0.29, 0.717) is 19.6 Å². The van der Waals surface area contributed by atoms with Crippen LogP contribution >= 0.6 is 0 Å². The van der Waals surface area contributed by atoms with E-state index in [0.717, 1.165) is 18.5 Å². The summed E-state index contributed by atoms with van der Waals surface area (Å²) in [4.78, 5) is 1.47. The molecule has 1 aliphatic heterocycles. The van der Waals surface area contributed by atoms with Crippen LogP contribution in [0.3, 0.4) is 0 Å². The lowest BCUT2D eigenvalue weighted by Crippen LogP contribution is -2.33. The topological polar surface area (TPSA) is 35.5 Å². The fourth-order valence-electron chi connectivity index (χ4n) is 2.51. The van der Waals surface area contributed by atoms with Crippen molar-refractivity contribution in [2.24, 2.45) is 5.92 Å². The summed E-state index contributed by atoms with van der Waals surface area (Å²) < 4.78 is 36.8. The number of benzene rings is 1. The summed E-state index contributed by atoms with van der Waals surface area (Å²) in [5.74, 6) is 0.502. The van der Waals surface area contributed by atoms with E-state index < -0.39 is 12.7 Å². The van der Waals surface area contributed by atoms with Gasteiger partial charge in [0.05, 0.1) is 6.54 Å². The molecule has 0 aromatic heterocycles. The second-order valence-electron chi connectivity index (χ2n) is 5.30. The maximum Gasteiger partial charge on any atom is 0.401 e. The minimum Gasteiger partial charge on any atom is -0.508 e. The highest BCUT2D eigenvalue weighted by Gasteiger charge is 2.34. The maximum absolute atomic E-state index is 12.3. The number of halogens is 3. The van der Waals surface area contributed by atoms with Gasteiger partial charge in [-0.1, -0.05) is 12.1 Å². The molecule has 1 saturated heterocycles. The molecule has 1 unspecified atom stereocenters. The maximum atomic E-state index is 12.3. The van der Waals surface area contributed by atoms with E-state index in [1.807, 2.05) is 12.1 Å². The molecule has 112 valence electrons. The van der Waals surface area contributed by atoms with Gasteiger partial charge in [0.15, 0.2) is 0 Å². The van der Waals surface area contributed by atoms with Gasteiger partial charge in [-0.05, 0) is 43.1 Å². The molecule has 1 aromatic rings. The molecule has 2 N–H and O–H groups in total. The summed E-state index contributed by atoms with van der Waals surface area (Å²) in [6, 6.07) is 6.90. The summed E-state index contributed by atoms with van der Waals surface area (Å²) in [5.41, 5.74) is 1.05. The van der Waals surface area contributed by atoms with Crippen LogP contribution in [-0.2, 0) is 6.54 Å². The summed E-state index contributed by atoms with van der Waals surface area (Å²) in [5, 5.41) is 12.4. The molecule has 0 bridgehead atoms. The molecule has 6 heteroatoms. The largest absolute Gasteiger partial charge is 0.508 e. The van der Waals surface area contributed by atoms with Crippen molar-refractivity contribution in [1.29, 1.82) is 0 Å². The average molecular weight is 288 g/mol. The Bertz CT molecular complexity index is 419. The van der Waals surface area contributed by atoms with Crippen molar-refractivity contribution in [3.8, 4) is 5.75 Å². The molecule has 1 aromatic carbocycles. The molecule has 3 nitrogen and oxygen atoms in total. The minimum absolute atomic E-state index is 0.229. The molecule has 0 spiro atoms. The van der Waals surface area contributed by atoms with Crippen LogP contribution in [0.1, 0.15) is 12.0 Å². The molecule has 1 fully saturated rings. The number of nitrogens with zero attached hydrogens (tertiary/aromatic N) is 1. The number of rotatable bonds is 5.